The fraction of sp³-hybridized carbons (Fsp3) is 0.238. The van der Waals surface area contributed by atoms with Gasteiger partial charge in [0.15, 0.2) is 0 Å². The molecule has 5 nitrogen and oxygen atoms in total. The molecule has 2 rings (SSSR count). The minimum atomic E-state index is -0.442. The first-order chi connectivity index (χ1) is 12.5. The first-order valence-corrected chi connectivity index (χ1v) is 8.41. The third-order valence-electron chi connectivity index (χ3n) is 3.89. The van der Waals surface area contributed by atoms with Crippen LogP contribution in [0.25, 0.3) is 0 Å². The highest BCUT2D eigenvalue weighted by molar-refractivity contribution is 6.06. The number of ether oxygens (including phenoxy) is 1. The third kappa shape index (κ3) is 5.38. The average molecular weight is 349 g/mol. The zero-order chi connectivity index (χ0) is 18.9. The second-order valence-corrected chi connectivity index (χ2v) is 6.13. The molecule has 2 aromatic rings. The molecule has 134 valence electrons. The van der Waals surface area contributed by atoms with Gasteiger partial charge in [-0.15, -0.1) is 0 Å². The van der Waals surface area contributed by atoms with Crippen molar-refractivity contribution < 1.29 is 9.53 Å². The Morgan fingerprint density at radius 1 is 1.23 bits per heavy atom. The molecule has 0 saturated heterocycles. The summed E-state index contributed by atoms with van der Waals surface area (Å²) in [4.78, 5) is 12.2. The summed E-state index contributed by atoms with van der Waals surface area (Å²) in [5.74, 6) is 0.745. The lowest BCUT2D eigenvalue weighted by Crippen LogP contribution is -2.16. The van der Waals surface area contributed by atoms with Crippen molar-refractivity contribution in [3.05, 3.63) is 71.4 Å². The number of nitriles is 1. The molecule has 0 aliphatic rings. The topological polar surface area (TPSA) is 74.1 Å². The molecule has 0 fully saturated rings. The first-order valence-electron chi connectivity index (χ1n) is 8.41. The molecule has 0 saturated carbocycles. The summed E-state index contributed by atoms with van der Waals surface area (Å²) >= 11 is 0. The third-order valence-corrected chi connectivity index (χ3v) is 3.89. The van der Waals surface area contributed by atoms with Crippen LogP contribution in [0.1, 0.15) is 30.9 Å². The Morgan fingerprint density at radius 3 is 2.58 bits per heavy atom. The van der Waals surface area contributed by atoms with Crippen LogP contribution < -0.4 is 15.4 Å². The van der Waals surface area contributed by atoms with Crippen LogP contribution in [-0.4, -0.2) is 13.0 Å². The lowest BCUT2D eigenvalue weighted by atomic mass is 10.0. The van der Waals surface area contributed by atoms with Gasteiger partial charge in [-0.1, -0.05) is 38.1 Å². The van der Waals surface area contributed by atoms with Crippen molar-refractivity contribution in [1.82, 2.24) is 5.32 Å². The van der Waals surface area contributed by atoms with E-state index >= 15 is 0 Å². The van der Waals surface area contributed by atoms with Crippen LogP contribution in [0.15, 0.2) is 60.3 Å². The van der Waals surface area contributed by atoms with Crippen molar-refractivity contribution in [1.29, 1.82) is 5.26 Å². The molecular formula is C21H23N3O2. The molecule has 0 aromatic heterocycles. The predicted molar refractivity (Wildman–Crippen MR) is 103 cm³/mol. The maximum atomic E-state index is 12.2. The van der Waals surface area contributed by atoms with Crippen LogP contribution in [0.4, 0.5) is 5.69 Å². The van der Waals surface area contributed by atoms with E-state index in [1.54, 1.807) is 7.11 Å². The van der Waals surface area contributed by atoms with E-state index in [2.05, 4.69) is 24.5 Å². The summed E-state index contributed by atoms with van der Waals surface area (Å²) in [5.41, 5.74) is 2.86. The van der Waals surface area contributed by atoms with Crippen LogP contribution in [0.2, 0.25) is 0 Å². The van der Waals surface area contributed by atoms with E-state index in [1.807, 2.05) is 54.6 Å². The number of benzene rings is 2. The molecule has 0 radical (unpaired) electrons. The van der Waals surface area contributed by atoms with Crippen LogP contribution in [0.3, 0.4) is 0 Å². The molecule has 0 heterocycles. The Labute approximate surface area is 154 Å². The highest BCUT2D eigenvalue weighted by Gasteiger charge is 2.09. The van der Waals surface area contributed by atoms with Crippen LogP contribution >= 0.6 is 0 Å². The number of rotatable bonds is 7. The number of carbonyl (C=O) groups is 1. The quantitative estimate of drug-likeness (QED) is 0.586. The first kappa shape index (κ1) is 19.1. The molecule has 2 N–H and O–H groups in total. The van der Waals surface area contributed by atoms with Gasteiger partial charge in [-0.25, -0.2) is 0 Å². The van der Waals surface area contributed by atoms with Gasteiger partial charge in [-0.05, 0) is 41.3 Å². The van der Waals surface area contributed by atoms with E-state index in [0.717, 1.165) is 11.3 Å². The van der Waals surface area contributed by atoms with E-state index in [-0.39, 0.29) is 5.57 Å². The number of nitrogens with zero attached hydrogens (tertiary/aromatic N) is 1. The van der Waals surface area contributed by atoms with Crippen LogP contribution in [0.5, 0.6) is 5.75 Å². The molecule has 0 aliphatic carbocycles. The second-order valence-electron chi connectivity index (χ2n) is 6.13. The molecule has 0 bridgehead atoms. The molecule has 5 heteroatoms. The van der Waals surface area contributed by atoms with Gasteiger partial charge < -0.3 is 15.4 Å². The average Bonchev–Trinajstić information content (AvgIpc) is 2.65. The minimum absolute atomic E-state index is 0.0147. The fourth-order valence-electron chi connectivity index (χ4n) is 2.35. The van der Waals surface area contributed by atoms with E-state index < -0.39 is 5.91 Å². The van der Waals surface area contributed by atoms with Crippen LogP contribution in [-0.2, 0) is 11.3 Å². The summed E-state index contributed by atoms with van der Waals surface area (Å²) in [7, 11) is 1.61. The summed E-state index contributed by atoms with van der Waals surface area (Å²) in [6, 6.07) is 17.1. The molecule has 0 spiro atoms. The molecule has 0 atom stereocenters. The van der Waals surface area contributed by atoms with Crippen molar-refractivity contribution in [3.8, 4) is 11.8 Å². The van der Waals surface area contributed by atoms with Crippen molar-refractivity contribution in [2.75, 3.05) is 12.4 Å². The minimum Gasteiger partial charge on any atom is -0.497 e. The maximum Gasteiger partial charge on any atom is 0.267 e. The number of anilines is 1. The SMILES string of the molecule is COc1cccc(CN/C=C(/C#N)C(=O)Nc2ccc(C(C)C)cc2)c1. The number of amides is 1. The lowest BCUT2D eigenvalue weighted by molar-refractivity contribution is -0.112. The Kier molecular flexibility index (Phi) is 6.81. The zero-order valence-corrected chi connectivity index (χ0v) is 15.2. The largest absolute Gasteiger partial charge is 0.497 e. The Hall–Kier alpha value is -3.26. The van der Waals surface area contributed by atoms with Crippen molar-refractivity contribution in [2.45, 2.75) is 26.3 Å². The van der Waals surface area contributed by atoms with Gasteiger partial charge >= 0.3 is 0 Å². The molecule has 0 unspecified atom stereocenters. The molecule has 1 amide bonds. The lowest BCUT2D eigenvalue weighted by Gasteiger charge is -2.08. The summed E-state index contributed by atoms with van der Waals surface area (Å²) in [6.45, 7) is 4.70. The van der Waals surface area contributed by atoms with Gasteiger partial charge in [0, 0.05) is 18.4 Å². The van der Waals surface area contributed by atoms with E-state index in [1.165, 1.54) is 11.8 Å². The second kappa shape index (κ2) is 9.28. The van der Waals surface area contributed by atoms with Gasteiger partial charge in [0.25, 0.3) is 5.91 Å². The summed E-state index contributed by atoms with van der Waals surface area (Å²) < 4.78 is 5.17. The standard InChI is InChI=1S/C21H23N3O2/c1-15(2)17-7-9-19(10-8-17)24-21(25)18(12-22)14-23-13-16-5-4-6-20(11-16)26-3/h4-11,14-15,23H,13H2,1-3H3,(H,24,25)/b18-14-. The summed E-state index contributed by atoms with van der Waals surface area (Å²) in [5, 5.41) is 15.0. The molecule has 2 aromatic carbocycles. The van der Waals surface area contributed by atoms with Gasteiger partial charge in [-0.3, -0.25) is 4.79 Å². The van der Waals surface area contributed by atoms with Crippen LogP contribution in [0, 0.1) is 11.3 Å². The zero-order valence-electron chi connectivity index (χ0n) is 15.2. The molecule has 26 heavy (non-hydrogen) atoms. The van der Waals surface area contributed by atoms with Crippen molar-refractivity contribution >= 4 is 11.6 Å². The van der Waals surface area contributed by atoms with E-state index in [4.69, 9.17) is 4.74 Å². The Bertz CT molecular complexity index is 818. The number of carbonyl (C=O) groups excluding carboxylic acids is 1. The normalized spacial score (nSPS) is 11.0. The number of hydrogen-bond acceptors (Lipinski definition) is 4. The predicted octanol–water partition coefficient (Wildman–Crippen LogP) is 3.95. The van der Waals surface area contributed by atoms with E-state index in [9.17, 15) is 10.1 Å². The Morgan fingerprint density at radius 2 is 1.96 bits per heavy atom. The van der Waals surface area contributed by atoms with Gasteiger partial charge in [-0.2, -0.15) is 5.26 Å². The van der Waals surface area contributed by atoms with Gasteiger partial charge in [0.1, 0.15) is 17.4 Å². The highest BCUT2D eigenvalue weighted by Crippen LogP contribution is 2.17. The van der Waals surface area contributed by atoms with Crippen molar-refractivity contribution in [3.63, 3.8) is 0 Å². The molecule has 0 aliphatic heterocycles. The van der Waals surface area contributed by atoms with Gasteiger partial charge in [0.2, 0.25) is 0 Å². The summed E-state index contributed by atoms with van der Waals surface area (Å²) in [6.07, 6.45) is 1.43. The highest BCUT2D eigenvalue weighted by atomic mass is 16.5. The Balaban J connectivity index is 1.96. The van der Waals surface area contributed by atoms with Crippen molar-refractivity contribution in [2.24, 2.45) is 0 Å². The number of hydrogen-bond donors (Lipinski definition) is 2. The van der Waals surface area contributed by atoms with E-state index in [0.29, 0.717) is 18.2 Å². The number of methoxy groups -OCH3 is 1. The monoisotopic (exact) mass is 349 g/mol. The van der Waals surface area contributed by atoms with Gasteiger partial charge in [0.05, 0.1) is 7.11 Å². The molecular weight excluding hydrogens is 326 g/mol. The maximum absolute atomic E-state index is 12.2. The smallest absolute Gasteiger partial charge is 0.267 e. The fourth-order valence-corrected chi connectivity index (χ4v) is 2.35. The number of nitrogens with one attached hydrogen (secondary N) is 2.